The predicted octanol–water partition coefficient (Wildman–Crippen LogP) is 4.89. The van der Waals surface area contributed by atoms with E-state index in [-0.39, 0.29) is 17.1 Å². The van der Waals surface area contributed by atoms with Gasteiger partial charge in [-0.05, 0) is 68.8 Å². The zero-order valence-corrected chi connectivity index (χ0v) is 24.6. The molecule has 0 bridgehead atoms. The van der Waals surface area contributed by atoms with Gasteiger partial charge in [-0.3, -0.25) is 4.79 Å². The fraction of sp³-hybridized carbons (Fsp3) is 0.806. The molecule has 2 aliphatic carbocycles. The minimum Gasteiger partial charge on any atom is -0.438 e. The normalized spacial score (nSPS) is 37.9. The molecular formula is C31H51NO6. The lowest BCUT2D eigenvalue weighted by atomic mass is 9.58. The molecule has 0 radical (unpaired) electrons. The highest BCUT2D eigenvalue weighted by Gasteiger charge is 2.70. The molecule has 0 spiro atoms. The molecule has 8 unspecified atom stereocenters. The van der Waals surface area contributed by atoms with Crippen molar-refractivity contribution in [2.24, 2.45) is 34.5 Å². The van der Waals surface area contributed by atoms with Gasteiger partial charge in [0.2, 0.25) is 0 Å². The molecule has 1 amide bonds. The highest BCUT2D eigenvalue weighted by molar-refractivity contribution is 5.88. The first-order valence-corrected chi connectivity index (χ1v) is 14.7. The maximum atomic E-state index is 13.7. The van der Waals surface area contributed by atoms with Crippen LogP contribution in [-0.2, 0) is 9.53 Å². The number of carbonyl (C=O) groups excluding carboxylic acids is 2. The van der Waals surface area contributed by atoms with Crippen LogP contribution in [0.2, 0.25) is 0 Å². The van der Waals surface area contributed by atoms with E-state index < -0.39 is 41.8 Å². The zero-order valence-electron chi connectivity index (χ0n) is 24.6. The molecule has 0 aromatic carbocycles. The second-order valence-corrected chi connectivity index (χ2v) is 12.5. The highest BCUT2D eigenvalue weighted by Crippen LogP contribution is 2.65. The van der Waals surface area contributed by atoms with Crippen molar-refractivity contribution in [3.63, 3.8) is 0 Å². The number of hydrogen-bond donors (Lipinski definition) is 3. The number of nitrogens with zero attached hydrogens (tertiary/aromatic N) is 1. The predicted molar refractivity (Wildman–Crippen MR) is 148 cm³/mol. The molecule has 0 aromatic rings. The Morgan fingerprint density at radius 2 is 1.84 bits per heavy atom. The number of rotatable bonds is 10. The van der Waals surface area contributed by atoms with Gasteiger partial charge in [-0.2, -0.15) is 0 Å². The fourth-order valence-electron chi connectivity index (χ4n) is 7.77. The maximum Gasteiger partial charge on any atom is 0.410 e. The highest BCUT2D eigenvalue weighted by atomic mass is 16.6. The monoisotopic (exact) mass is 533 g/mol. The van der Waals surface area contributed by atoms with E-state index in [1.807, 2.05) is 6.92 Å². The number of aliphatic hydroxyl groups excluding tert-OH is 2. The Morgan fingerprint density at radius 1 is 1.24 bits per heavy atom. The van der Waals surface area contributed by atoms with Crippen molar-refractivity contribution in [3.05, 3.63) is 23.8 Å². The number of carbonyl (C=O) groups is 2. The summed E-state index contributed by atoms with van der Waals surface area (Å²) in [5.41, 5.74) is -2.89. The van der Waals surface area contributed by atoms with Crippen molar-refractivity contribution in [2.45, 2.75) is 105 Å². The molecular weight excluding hydrogens is 482 g/mol. The van der Waals surface area contributed by atoms with Gasteiger partial charge in [-0.25, -0.2) is 4.79 Å². The molecule has 1 aliphatic heterocycles. The Morgan fingerprint density at radius 3 is 2.32 bits per heavy atom. The van der Waals surface area contributed by atoms with E-state index in [0.29, 0.717) is 36.9 Å². The van der Waals surface area contributed by atoms with E-state index in [1.54, 1.807) is 37.0 Å². The molecule has 1 heterocycles. The summed E-state index contributed by atoms with van der Waals surface area (Å²) in [6.45, 7) is 14.4. The number of Topliss-reactive ketones (excluding diaryl/α,β-unsaturated/α-hetero) is 1. The summed E-state index contributed by atoms with van der Waals surface area (Å²) in [6.07, 6.45) is 7.41. The van der Waals surface area contributed by atoms with Crippen LogP contribution in [0, 0.1) is 34.5 Å². The smallest absolute Gasteiger partial charge is 0.410 e. The lowest BCUT2D eigenvalue weighted by Gasteiger charge is -2.50. The van der Waals surface area contributed by atoms with Gasteiger partial charge in [0.15, 0.2) is 6.10 Å². The zero-order chi connectivity index (χ0) is 28.5. The van der Waals surface area contributed by atoms with Crippen LogP contribution in [0.25, 0.3) is 0 Å². The SMILES string of the molecule is CC=CC(CO)C(O)C1(O)C(OC(=O)N2CCCCCC2)C(C)=CC1(C(C)=O)[C@H](C)CC1C(C)C1(C)CC. The summed E-state index contributed by atoms with van der Waals surface area (Å²) in [5.74, 6) is -0.564. The van der Waals surface area contributed by atoms with Crippen molar-refractivity contribution in [1.29, 1.82) is 0 Å². The average molecular weight is 534 g/mol. The van der Waals surface area contributed by atoms with Gasteiger partial charge in [0.1, 0.15) is 11.4 Å². The number of amides is 1. The van der Waals surface area contributed by atoms with E-state index in [2.05, 4.69) is 20.8 Å². The first-order chi connectivity index (χ1) is 17.9. The van der Waals surface area contributed by atoms with E-state index in [0.717, 1.165) is 32.1 Å². The summed E-state index contributed by atoms with van der Waals surface area (Å²) in [6, 6.07) is 0. The van der Waals surface area contributed by atoms with E-state index in [4.69, 9.17) is 4.74 Å². The Kier molecular flexibility index (Phi) is 9.58. The van der Waals surface area contributed by atoms with Gasteiger partial charge in [-0.1, -0.05) is 65.2 Å². The Labute approximate surface area is 229 Å². The van der Waals surface area contributed by atoms with E-state index >= 15 is 0 Å². The number of likely N-dealkylation sites (tertiary alicyclic amines) is 1. The molecule has 216 valence electrons. The molecule has 3 N–H and O–H groups in total. The average Bonchev–Trinajstić information content (AvgIpc) is 3.45. The van der Waals surface area contributed by atoms with Crippen molar-refractivity contribution < 1.29 is 29.6 Å². The van der Waals surface area contributed by atoms with Crippen LogP contribution < -0.4 is 0 Å². The van der Waals surface area contributed by atoms with Gasteiger partial charge in [0.25, 0.3) is 0 Å². The van der Waals surface area contributed by atoms with Gasteiger partial charge >= 0.3 is 6.09 Å². The third kappa shape index (κ3) is 4.99. The Bertz CT molecular complexity index is 923. The lowest BCUT2D eigenvalue weighted by molar-refractivity contribution is -0.207. The van der Waals surface area contributed by atoms with E-state index in [9.17, 15) is 24.9 Å². The van der Waals surface area contributed by atoms with Crippen LogP contribution in [0.1, 0.15) is 87.0 Å². The number of ketones is 1. The summed E-state index contributed by atoms with van der Waals surface area (Å²) < 4.78 is 6.04. The second kappa shape index (κ2) is 11.8. The van der Waals surface area contributed by atoms with Crippen molar-refractivity contribution in [3.8, 4) is 0 Å². The second-order valence-electron chi connectivity index (χ2n) is 12.5. The molecule has 7 nitrogen and oxygen atoms in total. The van der Waals surface area contributed by atoms with Crippen LogP contribution in [0.15, 0.2) is 23.8 Å². The minimum atomic E-state index is -2.14. The molecule has 7 heteroatoms. The van der Waals surface area contributed by atoms with Crippen LogP contribution in [0.4, 0.5) is 4.79 Å². The third-order valence-corrected chi connectivity index (χ3v) is 10.6. The lowest BCUT2D eigenvalue weighted by Crippen LogP contribution is -2.67. The Hall–Kier alpha value is -1.70. The third-order valence-electron chi connectivity index (χ3n) is 10.6. The fourth-order valence-corrected chi connectivity index (χ4v) is 7.77. The number of aliphatic hydroxyl groups is 3. The van der Waals surface area contributed by atoms with Crippen LogP contribution in [0.3, 0.4) is 0 Å². The molecule has 1 saturated carbocycles. The van der Waals surface area contributed by atoms with Gasteiger partial charge in [-0.15, -0.1) is 0 Å². The molecule has 38 heavy (non-hydrogen) atoms. The summed E-state index contributed by atoms with van der Waals surface area (Å²) in [5, 5.41) is 34.7. The van der Waals surface area contributed by atoms with Crippen LogP contribution in [0.5, 0.6) is 0 Å². The van der Waals surface area contributed by atoms with Gasteiger partial charge in [0, 0.05) is 19.0 Å². The first-order valence-electron chi connectivity index (χ1n) is 14.7. The molecule has 2 fully saturated rings. The molecule has 0 aromatic heterocycles. The number of hydrogen-bond acceptors (Lipinski definition) is 6. The van der Waals surface area contributed by atoms with E-state index in [1.165, 1.54) is 6.92 Å². The molecule has 3 rings (SSSR count). The summed E-state index contributed by atoms with van der Waals surface area (Å²) >= 11 is 0. The first kappa shape index (κ1) is 30.8. The van der Waals surface area contributed by atoms with Crippen molar-refractivity contribution >= 4 is 11.9 Å². The standard InChI is InChI=1S/C31H51NO6/c1-8-14-24(19-33)26(35)31(37)27(38-28(36)32-15-12-10-11-13-16-32)20(3)18-30(31,23(6)34)21(4)17-25-22(5)29(25,7)9-2/h8,14,18,21-22,24-27,33,35,37H,9-13,15-17,19H2,1-7H3/t21-,22?,24?,25?,26?,27?,29?,30?,31?/m1/s1. The minimum absolute atomic E-state index is 0.178. The quantitative estimate of drug-likeness (QED) is 0.345. The molecule has 1 saturated heterocycles. The maximum absolute atomic E-state index is 13.7. The van der Waals surface area contributed by atoms with Crippen molar-refractivity contribution in [1.82, 2.24) is 4.90 Å². The van der Waals surface area contributed by atoms with Crippen molar-refractivity contribution in [2.75, 3.05) is 19.7 Å². The van der Waals surface area contributed by atoms with Crippen LogP contribution >= 0.6 is 0 Å². The van der Waals surface area contributed by atoms with Gasteiger partial charge in [0.05, 0.1) is 18.1 Å². The van der Waals surface area contributed by atoms with Crippen LogP contribution in [-0.4, -0.2) is 69.6 Å². The summed E-state index contributed by atoms with van der Waals surface area (Å²) in [7, 11) is 0. The topological polar surface area (TPSA) is 107 Å². The molecule has 9 atom stereocenters. The molecule has 3 aliphatic rings. The van der Waals surface area contributed by atoms with Gasteiger partial charge < -0.3 is 25.0 Å². The largest absolute Gasteiger partial charge is 0.438 e. The number of allylic oxidation sites excluding steroid dienone is 1. The number of ether oxygens (including phenoxy) is 1. The summed E-state index contributed by atoms with van der Waals surface area (Å²) in [4.78, 5) is 28.7. The Balaban J connectivity index is 2.06.